The first-order valence-corrected chi connectivity index (χ1v) is 44.0. The molecule has 0 aromatic rings. The lowest BCUT2D eigenvalue weighted by atomic mass is 10.0. The van der Waals surface area contributed by atoms with Gasteiger partial charge in [0.15, 0.2) is 12.4 Å². The van der Waals surface area contributed by atoms with E-state index in [1.165, 1.54) is 398 Å². The van der Waals surface area contributed by atoms with E-state index in [-0.39, 0.29) is 32.2 Å². The van der Waals surface area contributed by atoms with Gasteiger partial charge in [0.05, 0.1) is 40.3 Å². The normalized spacial score (nSPS) is 12.6. The lowest BCUT2D eigenvalue weighted by molar-refractivity contribution is -0.870. The van der Waals surface area contributed by atoms with E-state index in [2.05, 4.69) is 38.2 Å². The molecule has 98 heavy (non-hydrogen) atoms. The third-order valence-corrected chi connectivity index (χ3v) is 20.5. The Hall–Kier alpha value is -2.23. The Kier molecular flexibility index (Phi) is 78.6. The minimum absolute atomic E-state index is 0.152. The first-order chi connectivity index (χ1) is 48.1. The quantitative estimate of drug-likeness (QED) is 0.0195. The number of nitrogens with zero attached hydrogens (tertiary/aromatic N) is 1. The van der Waals surface area contributed by atoms with Gasteiger partial charge in [-0.15, -0.1) is 0 Å². The van der Waals surface area contributed by atoms with Gasteiger partial charge in [-0.05, 0) is 44.9 Å². The molecule has 0 rings (SSSR count). The zero-order valence-corrected chi connectivity index (χ0v) is 66.7. The van der Waals surface area contributed by atoms with E-state index >= 15 is 0 Å². The fourth-order valence-electron chi connectivity index (χ4n) is 13.8. The molecule has 0 radical (unpaired) electrons. The molecule has 0 aromatic heterocycles. The molecule has 0 aliphatic heterocycles. The first kappa shape index (κ1) is 95.8. The summed E-state index contributed by atoms with van der Waals surface area (Å²) >= 11 is 0. The Morgan fingerprint density at radius 2 is 0.551 bits per heavy atom. The van der Waals surface area contributed by atoms with Crippen LogP contribution in [-0.4, -0.2) is 82.3 Å². The highest BCUT2D eigenvalue weighted by Crippen LogP contribution is 2.21. The Morgan fingerprint density at radius 1 is 0.306 bits per heavy atom. The van der Waals surface area contributed by atoms with Crippen LogP contribution in [0.4, 0.5) is 0 Å². The Labute approximate surface area is 611 Å². The van der Waals surface area contributed by atoms with Gasteiger partial charge in [0.1, 0.15) is 13.2 Å². The molecule has 0 bridgehead atoms. The number of ether oxygens (including phenoxy) is 4. The van der Waals surface area contributed by atoms with Crippen LogP contribution >= 0.6 is 0 Å². The van der Waals surface area contributed by atoms with Crippen molar-refractivity contribution in [2.45, 2.75) is 482 Å². The van der Waals surface area contributed by atoms with Crippen molar-refractivity contribution in [3.8, 4) is 0 Å². The van der Waals surface area contributed by atoms with Gasteiger partial charge in [-0.1, -0.05) is 436 Å². The van der Waals surface area contributed by atoms with Gasteiger partial charge < -0.3 is 33.3 Å². The van der Waals surface area contributed by atoms with E-state index in [4.69, 9.17) is 18.9 Å². The maximum Gasteiger partial charge on any atom is 0.306 e. The van der Waals surface area contributed by atoms with Crippen molar-refractivity contribution in [2.24, 2.45) is 0 Å². The zero-order chi connectivity index (χ0) is 71.1. The van der Waals surface area contributed by atoms with Crippen molar-refractivity contribution in [1.29, 1.82) is 0 Å². The fraction of sp³-hybridized carbons (Fsp3) is 0.921. The molecule has 0 N–H and O–H groups in total. The van der Waals surface area contributed by atoms with Crippen LogP contribution in [0.5, 0.6) is 0 Å². The largest absolute Gasteiger partial charge is 0.545 e. The molecule has 0 aliphatic carbocycles. The van der Waals surface area contributed by atoms with E-state index in [9.17, 15) is 19.5 Å². The van der Waals surface area contributed by atoms with E-state index in [0.29, 0.717) is 17.4 Å². The summed E-state index contributed by atoms with van der Waals surface area (Å²) in [5.74, 6) is -2.24. The van der Waals surface area contributed by atoms with Gasteiger partial charge >= 0.3 is 11.9 Å². The standard InChI is InChI=1S/C89H171NO8/c1-6-8-10-12-14-16-18-20-22-24-26-28-30-32-34-36-38-40-42-43-44-46-47-49-51-53-55-57-59-61-63-65-67-69-71-73-75-77-79-86(91)96-83-85(84-97-89(88(93)94)95-82-81-90(3,4)5)98-87(92)80-78-76-74-72-70-68-66-64-62-60-58-56-54-52-50-48-45-41-39-37-35-33-31-29-27-25-23-21-19-17-15-13-11-9-7-2/h19,21,25,27,85,89H,6-18,20,22-24,26,28-84H2,1-5H3/b21-19-,27-25-. The van der Waals surface area contributed by atoms with Crippen molar-refractivity contribution in [3.63, 3.8) is 0 Å². The molecule has 9 nitrogen and oxygen atoms in total. The maximum atomic E-state index is 13.0. The number of rotatable bonds is 84. The second-order valence-corrected chi connectivity index (χ2v) is 31.5. The minimum atomic E-state index is -1.62. The highest BCUT2D eigenvalue weighted by Gasteiger charge is 2.22. The van der Waals surface area contributed by atoms with E-state index < -0.39 is 24.3 Å². The lowest BCUT2D eigenvalue weighted by Crippen LogP contribution is -2.44. The number of allylic oxidation sites excluding steroid dienone is 4. The molecule has 0 aliphatic rings. The molecular weight excluding hydrogens is 1210 g/mol. The third kappa shape index (κ3) is 81.1. The Bertz CT molecular complexity index is 1660. The highest BCUT2D eigenvalue weighted by atomic mass is 16.7. The van der Waals surface area contributed by atoms with E-state index in [1.807, 2.05) is 21.1 Å². The van der Waals surface area contributed by atoms with Crippen LogP contribution in [-0.2, 0) is 33.3 Å². The van der Waals surface area contributed by atoms with E-state index in [0.717, 1.165) is 44.9 Å². The van der Waals surface area contributed by atoms with Gasteiger partial charge in [-0.2, -0.15) is 0 Å². The number of hydrogen-bond donors (Lipinski definition) is 0. The number of carbonyl (C=O) groups excluding carboxylic acids is 3. The molecule has 0 fully saturated rings. The molecule has 0 heterocycles. The van der Waals surface area contributed by atoms with Crippen LogP contribution in [0.25, 0.3) is 0 Å². The summed E-state index contributed by atoms with van der Waals surface area (Å²) in [5, 5.41) is 11.9. The average Bonchev–Trinajstić information content (AvgIpc) is 1.34. The van der Waals surface area contributed by atoms with Gasteiger partial charge in [-0.25, -0.2) is 0 Å². The molecule has 0 saturated heterocycles. The Balaban J connectivity index is 3.90. The topological polar surface area (TPSA) is 111 Å². The van der Waals surface area contributed by atoms with Crippen LogP contribution < -0.4 is 5.11 Å². The molecule has 2 atom stereocenters. The van der Waals surface area contributed by atoms with Gasteiger partial charge in [-0.3, -0.25) is 9.59 Å². The second-order valence-electron chi connectivity index (χ2n) is 31.5. The molecule has 0 amide bonds. The predicted octanol–water partition coefficient (Wildman–Crippen LogP) is 27.1. The molecule has 0 aromatic carbocycles. The predicted molar refractivity (Wildman–Crippen MR) is 422 cm³/mol. The van der Waals surface area contributed by atoms with E-state index in [1.54, 1.807) is 0 Å². The number of likely N-dealkylation sites (N-methyl/N-ethyl adjacent to an activating group) is 1. The van der Waals surface area contributed by atoms with Crippen molar-refractivity contribution >= 4 is 17.9 Å². The number of aliphatic carboxylic acids is 1. The van der Waals surface area contributed by atoms with Crippen molar-refractivity contribution in [3.05, 3.63) is 24.3 Å². The first-order valence-electron chi connectivity index (χ1n) is 44.0. The SMILES string of the molecule is CCCCCCC/C=C\C/C=C\CCCCCCCCCCCCCCCCCCCCCCCCCC(=O)OC(COC(=O)CCCCCCCCCCCCCCCCCCCCCCCCCCCCCCCCCCCCCCCC)COC(OCC[N+](C)(C)C)C(=O)[O-]. The second kappa shape index (κ2) is 80.5. The van der Waals surface area contributed by atoms with Gasteiger partial charge in [0.2, 0.25) is 0 Å². The van der Waals surface area contributed by atoms with Crippen LogP contribution in [0.3, 0.4) is 0 Å². The number of carbonyl (C=O) groups is 3. The molecule has 0 spiro atoms. The number of hydrogen-bond acceptors (Lipinski definition) is 8. The highest BCUT2D eigenvalue weighted by molar-refractivity contribution is 5.70. The molecule has 9 heteroatoms. The van der Waals surface area contributed by atoms with Crippen LogP contribution in [0.1, 0.15) is 470 Å². The summed E-state index contributed by atoms with van der Waals surface area (Å²) in [4.78, 5) is 37.7. The third-order valence-electron chi connectivity index (χ3n) is 20.5. The molecule has 2 unspecified atom stereocenters. The summed E-state index contributed by atoms with van der Waals surface area (Å²) in [7, 11) is 5.96. The smallest absolute Gasteiger partial charge is 0.306 e. The number of carboxylic acid groups (broad SMARTS) is 1. The molecule has 0 saturated carbocycles. The summed E-state index contributed by atoms with van der Waals surface area (Å²) in [5.41, 5.74) is 0. The number of esters is 2. The van der Waals surface area contributed by atoms with Crippen molar-refractivity contribution in [1.82, 2.24) is 0 Å². The van der Waals surface area contributed by atoms with Gasteiger partial charge in [0.25, 0.3) is 0 Å². The van der Waals surface area contributed by atoms with Gasteiger partial charge in [0, 0.05) is 12.8 Å². The van der Waals surface area contributed by atoms with Crippen LogP contribution in [0.2, 0.25) is 0 Å². The van der Waals surface area contributed by atoms with Crippen molar-refractivity contribution in [2.75, 3.05) is 47.5 Å². The minimum Gasteiger partial charge on any atom is -0.545 e. The fourth-order valence-corrected chi connectivity index (χ4v) is 13.8. The summed E-state index contributed by atoms with van der Waals surface area (Å²) in [6, 6.07) is 0. The number of carboxylic acids is 1. The number of unbranched alkanes of at least 4 members (excludes halogenated alkanes) is 65. The zero-order valence-electron chi connectivity index (χ0n) is 66.7. The molecule has 580 valence electrons. The summed E-state index contributed by atoms with van der Waals surface area (Å²) < 4.78 is 22.9. The Morgan fingerprint density at radius 3 is 0.806 bits per heavy atom. The average molecular weight is 1380 g/mol. The monoisotopic (exact) mass is 1380 g/mol. The van der Waals surface area contributed by atoms with Crippen molar-refractivity contribution < 1.29 is 42.9 Å². The summed E-state index contributed by atoms with van der Waals surface area (Å²) in [6.45, 7) is 4.84. The molecular formula is C89H171NO8. The summed E-state index contributed by atoms with van der Waals surface area (Å²) in [6.07, 6.45) is 101. The number of quaternary nitrogens is 1. The van der Waals surface area contributed by atoms with Crippen LogP contribution in [0, 0.1) is 0 Å². The van der Waals surface area contributed by atoms with Crippen LogP contribution in [0.15, 0.2) is 24.3 Å². The maximum absolute atomic E-state index is 13.0. The lowest BCUT2D eigenvalue weighted by Gasteiger charge is -2.26.